The van der Waals surface area contributed by atoms with Crippen LogP contribution in [0.25, 0.3) is 10.9 Å². The van der Waals surface area contributed by atoms with Crippen LogP contribution in [0, 0.1) is 19.8 Å². The SMILES string of the molecule is COC1CN(c2nc3c(C)cc(C)cc3cc2C(=O)N=C(C)N)CCC1NCC(C)C. The quantitative estimate of drug-likeness (QED) is 0.545. The van der Waals surface area contributed by atoms with E-state index < -0.39 is 0 Å². The fourth-order valence-corrected chi connectivity index (χ4v) is 4.23. The normalized spacial score (nSPS) is 20.0. The van der Waals surface area contributed by atoms with E-state index in [9.17, 15) is 4.79 Å². The van der Waals surface area contributed by atoms with Crippen molar-refractivity contribution >= 4 is 28.5 Å². The number of aryl methyl sites for hydroxylation is 2. The summed E-state index contributed by atoms with van der Waals surface area (Å²) in [6.07, 6.45) is 0.914. The van der Waals surface area contributed by atoms with Crippen LogP contribution in [0.5, 0.6) is 0 Å². The zero-order valence-electron chi connectivity index (χ0n) is 19.5. The molecule has 1 aromatic heterocycles. The van der Waals surface area contributed by atoms with Gasteiger partial charge in [0.1, 0.15) is 11.7 Å². The number of anilines is 1. The van der Waals surface area contributed by atoms with Crippen molar-refractivity contribution in [1.29, 1.82) is 0 Å². The average Bonchev–Trinajstić information content (AvgIpc) is 2.70. The van der Waals surface area contributed by atoms with Crippen molar-refractivity contribution < 1.29 is 9.53 Å². The molecule has 0 bridgehead atoms. The topological polar surface area (TPSA) is 92.8 Å². The monoisotopic (exact) mass is 425 g/mol. The summed E-state index contributed by atoms with van der Waals surface area (Å²) in [7, 11) is 1.74. The van der Waals surface area contributed by atoms with E-state index in [0.717, 1.165) is 41.5 Å². The Kier molecular flexibility index (Phi) is 7.28. The van der Waals surface area contributed by atoms with E-state index in [2.05, 4.69) is 48.1 Å². The number of nitrogens with one attached hydrogen (secondary N) is 1. The predicted octanol–water partition coefficient (Wildman–Crippen LogP) is 3.21. The summed E-state index contributed by atoms with van der Waals surface area (Å²) in [5.74, 6) is 1.10. The third-order valence-electron chi connectivity index (χ3n) is 5.69. The molecule has 3 rings (SSSR count). The second-order valence-corrected chi connectivity index (χ2v) is 8.99. The summed E-state index contributed by atoms with van der Waals surface area (Å²) in [5, 5.41) is 4.56. The Morgan fingerprint density at radius 1 is 1.35 bits per heavy atom. The van der Waals surface area contributed by atoms with Crippen LogP contribution in [0.1, 0.15) is 48.7 Å². The van der Waals surface area contributed by atoms with Crippen molar-refractivity contribution in [3.05, 3.63) is 34.9 Å². The van der Waals surface area contributed by atoms with Crippen molar-refractivity contribution in [2.75, 3.05) is 31.6 Å². The molecular formula is C24H35N5O2. The number of carbonyl (C=O) groups excluding carboxylic acids is 1. The third-order valence-corrected chi connectivity index (χ3v) is 5.69. The molecule has 0 aliphatic carbocycles. The number of nitrogens with zero attached hydrogens (tertiary/aromatic N) is 3. The summed E-state index contributed by atoms with van der Waals surface area (Å²) in [6.45, 7) is 12.5. The zero-order chi connectivity index (χ0) is 22.7. The van der Waals surface area contributed by atoms with Crippen molar-refractivity contribution in [3.8, 4) is 0 Å². The minimum absolute atomic E-state index is 0.00631. The molecule has 168 valence electrons. The Balaban J connectivity index is 2.01. The average molecular weight is 426 g/mol. The molecule has 1 aliphatic heterocycles. The maximum absolute atomic E-state index is 12.9. The van der Waals surface area contributed by atoms with E-state index in [1.165, 1.54) is 0 Å². The molecule has 2 unspecified atom stereocenters. The first-order valence-electron chi connectivity index (χ1n) is 11.0. The van der Waals surface area contributed by atoms with Gasteiger partial charge >= 0.3 is 0 Å². The van der Waals surface area contributed by atoms with Crippen LogP contribution in [-0.2, 0) is 4.74 Å². The minimum atomic E-state index is -0.363. The first-order valence-corrected chi connectivity index (χ1v) is 11.0. The van der Waals surface area contributed by atoms with E-state index in [-0.39, 0.29) is 23.9 Å². The van der Waals surface area contributed by atoms with E-state index >= 15 is 0 Å². The van der Waals surface area contributed by atoms with Gasteiger partial charge in [-0.2, -0.15) is 4.99 Å². The van der Waals surface area contributed by atoms with Crippen molar-refractivity contribution in [2.24, 2.45) is 16.6 Å². The Morgan fingerprint density at radius 2 is 2.10 bits per heavy atom. The molecule has 2 atom stereocenters. The molecule has 0 radical (unpaired) electrons. The molecule has 2 heterocycles. The number of ether oxygens (including phenoxy) is 1. The molecular weight excluding hydrogens is 390 g/mol. The standard InChI is InChI=1S/C24H35N5O2/c1-14(2)12-26-20-7-8-29(13-21(20)31-6)23-19(24(30)27-17(5)25)11-18-10-15(3)9-16(4)22(18)28-23/h9-11,14,20-21,26H,7-8,12-13H2,1-6H3,(H2,25,27,30). The van der Waals surface area contributed by atoms with Crippen LogP contribution < -0.4 is 16.0 Å². The lowest BCUT2D eigenvalue weighted by atomic mass is 9.99. The third kappa shape index (κ3) is 5.40. The molecule has 7 heteroatoms. The number of nitrogens with two attached hydrogens (primary N) is 1. The number of benzene rings is 1. The zero-order valence-corrected chi connectivity index (χ0v) is 19.5. The van der Waals surface area contributed by atoms with Crippen LogP contribution in [0.2, 0.25) is 0 Å². The summed E-state index contributed by atoms with van der Waals surface area (Å²) >= 11 is 0. The molecule has 1 saturated heterocycles. The molecule has 2 aromatic rings. The Hall–Kier alpha value is -2.51. The van der Waals surface area contributed by atoms with Gasteiger partial charge in [0.25, 0.3) is 5.91 Å². The number of amidine groups is 1. The first-order chi connectivity index (χ1) is 14.7. The van der Waals surface area contributed by atoms with Gasteiger partial charge in [-0.25, -0.2) is 4.98 Å². The number of rotatable bonds is 6. The van der Waals surface area contributed by atoms with Crippen LogP contribution in [0.15, 0.2) is 23.2 Å². The molecule has 0 saturated carbocycles. The lowest BCUT2D eigenvalue weighted by Gasteiger charge is -2.39. The summed E-state index contributed by atoms with van der Waals surface area (Å²) in [4.78, 5) is 24.1. The summed E-state index contributed by atoms with van der Waals surface area (Å²) in [6, 6.07) is 6.34. The number of hydrogen-bond donors (Lipinski definition) is 2. The van der Waals surface area contributed by atoms with E-state index in [1.54, 1.807) is 14.0 Å². The maximum Gasteiger partial charge on any atom is 0.282 e. The number of piperidine rings is 1. The number of aromatic nitrogens is 1. The predicted molar refractivity (Wildman–Crippen MR) is 127 cm³/mol. The van der Waals surface area contributed by atoms with E-state index in [4.69, 9.17) is 15.5 Å². The smallest absolute Gasteiger partial charge is 0.282 e. The number of carbonyl (C=O) groups is 1. The van der Waals surface area contributed by atoms with Gasteiger partial charge in [0.15, 0.2) is 0 Å². The van der Waals surface area contributed by atoms with Gasteiger partial charge in [0.05, 0.1) is 17.2 Å². The van der Waals surface area contributed by atoms with Crippen LogP contribution >= 0.6 is 0 Å². The number of amides is 1. The van der Waals surface area contributed by atoms with Gasteiger partial charge in [-0.05, 0) is 57.4 Å². The molecule has 7 nitrogen and oxygen atoms in total. The number of hydrogen-bond acceptors (Lipinski definition) is 5. The Morgan fingerprint density at radius 3 is 2.74 bits per heavy atom. The Labute approximate surface area is 185 Å². The van der Waals surface area contributed by atoms with Gasteiger partial charge in [-0.15, -0.1) is 0 Å². The van der Waals surface area contributed by atoms with Gasteiger partial charge in [-0.1, -0.05) is 25.5 Å². The molecule has 3 N–H and O–H groups in total. The number of pyridine rings is 1. The second-order valence-electron chi connectivity index (χ2n) is 8.99. The number of methoxy groups -OCH3 is 1. The van der Waals surface area contributed by atoms with Gasteiger partial charge < -0.3 is 20.7 Å². The van der Waals surface area contributed by atoms with Crippen molar-refractivity contribution in [3.63, 3.8) is 0 Å². The first kappa shape index (κ1) is 23.2. The van der Waals surface area contributed by atoms with E-state index in [1.807, 2.05) is 13.0 Å². The van der Waals surface area contributed by atoms with Gasteiger partial charge in [-0.3, -0.25) is 4.79 Å². The lowest BCUT2D eigenvalue weighted by Crippen LogP contribution is -2.54. The van der Waals surface area contributed by atoms with Crippen LogP contribution in [-0.4, -0.2) is 55.6 Å². The molecule has 1 fully saturated rings. The fourth-order valence-electron chi connectivity index (χ4n) is 4.23. The van der Waals surface area contributed by atoms with Gasteiger partial charge in [0, 0.05) is 31.6 Å². The highest BCUT2D eigenvalue weighted by Gasteiger charge is 2.32. The van der Waals surface area contributed by atoms with Crippen molar-refractivity contribution in [2.45, 2.75) is 53.2 Å². The lowest BCUT2D eigenvalue weighted by molar-refractivity contribution is 0.0589. The molecule has 31 heavy (non-hydrogen) atoms. The minimum Gasteiger partial charge on any atom is -0.387 e. The molecule has 1 aliphatic rings. The van der Waals surface area contributed by atoms with E-state index in [0.29, 0.717) is 23.8 Å². The van der Waals surface area contributed by atoms with Crippen LogP contribution in [0.3, 0.4) is 0 Å². The molecule has 0 spiro atoms. The number of fused-ring (bicyclic) bond motifs is 1. The second kappa shape index (κ2) is 9.75. The Bertz CT molecular complexity index is 982. The van der Waals surface area contributed by atoms with Gasteiger partial charge in [0.2, 0.25) is 0 Å². The maximum atomic E-state index is 12.9. The number of aliphatic imine (C=N–C) groups is 1. The highest BCUT2D eigenvalue weighted by molar-refractivity contribution is 6.07. The van der Waals surface area contributed by atoms with Crippen molar-refractivity contribution in [1.82, 2.24) is 10.3 Å². The van der Waals surface area contributed by atoms with Crippen LogP contribution in [0.4, 0.5) is 5.82 Å². The highest BCUT2D eigenvalue weighted by Crippen LogP contribution is 2.30. The molecule has 1 aromatic carbocycles. The largest absolute Gasteiger partial charge is 0.387 e. The molecule has 1 amide bonds. The highest BCUT2D eigenvalue weighted by atomic mass is 16.5. The summed E-state index contributed by atoms with van der Waals surface area (Å²) < 4.78 is 5.82. The summed E-state index contributed by atoms with van der Waals surface area (Å²) in [5.41, 5.74) is 9.31. The fraction of sp³-hybridized carbons (Fsp3) is 0.542.